The molecule has 0 N–H and O–H groups in total. The maximum absolute atomic E-state index is 12.7. The van der Waals surface area contributed by atoms with Gasteiger partial charge in [-0.3, -0.25) is 4.79 Å². The van der Waals surface area contributed by atoms with E-state index < -0.39 is 6.50 Å². The largest absolute Gasteiger partial charge is 0.491 e. The Bertz CT molecular complexity index is 971. The Labute approximate surface area is 163 Å². The predicted molar refractivity (Wildman–Crippen MR) is 99.0 cm³/mol. The first-order valence-corrected chi connectivity index (χ1v) is 9.19. The van der Waals surface area contributed by atoms with Crippen LogP contribution in [0.25, 0.3) is 4.85 Å². The number of rotatable bonds is 3. The molecule has 1 fully saturated rings. The van der Waals surface area contributed by atoms with E-state index >= 15 is 0 Å². The van der Waals surface area contributed by atoms with E-state index in [0.29, 0.717) is 28.8 Å². The summed E-state index contributed by atoms with van der Waals surface area (Å²) in [6.45, 7) is 5.17. The second-order valence-electron chi connectivity index (χ2n) is 6.35. The number of carbonyl (C=O) groups is 1. The quantitative estimate of drug-likeness (QED) is 0.708. The van der Waals surface area contributed by atoms with Crippen molar-refractivity contribution >= 4 is 27.5 Å². The Balaban J connectivity index is 1.43. The number of halogens is 1. The number of fused-ring (bicyclic) bond motifs is 1. The van der Waals surface area contributed by atoms with Crippen molar-refractivity contribution in [3.63, 3.8) is 0 Å². The molecule has 132 valence electrons. The minimum absolute atomic E-state index is 0.00678. The first kappa shape index (κ1) is 14.7. The molecule has 0 atom stereocenters. The molecule has 26 heavy (non-hydrogen) atoms. The van der Waals surface area contributed by atoms with Crippen molar-refractivity contribution in [1.29, 1.82) is 0 Å². The molecule has 1 aromatic carbocycles. The molecule has 1 aliphatic heterocycles. The Hall–Kier alpha value is -2.46. The first-order valence-electron chi connectivity index (χ1n) is 9.39. The summed E-state index contributed by atoms with van der Waals surface area (Å²) in [7, 11) is 0. The van der Waals surface area contributed by atoms with Gasteiger partial charge in [-0.2, -0.15) is 0 Å². The van der Waals surface area contributed by atoms with Gasteiger partial charge in [0.25, 0.3) is 5.91 Å². The van der Waals surface area contributed by atoms with Crippen molar-refractivity contribution in [2.45, 2.75) is 44.3 Å². The van der Waals surface area contributed by atoms with Gasteiger partial charge in [0, 0.05) is 16.7 Å². The van der Waals surface area contributed by atoms with Gasteiger partial charge >= 0.3 is 0 Å². The molecule has 6 nitrogen and oxygen atoms in total. The molecule has 0 unspecified atom stereocenters. The van der Waals surface area contributed by atoms with E-state index in [4.69, 9.17) is 14.1 Å². The van der Waals surface area contributed by atoms with Crippen molar-refractivity contribution in [3.05, 3.63) is 57.9 Å². The van der Waals surface area contributed by atoms with E-state index in [-0.39, 0.29) is 29.3 Å². The maximum Gasteiger partial charge on any atom is 0.257 e. The molecule has 2 aliphatic rings. The summed E-state index contributed by atoms with van der Waals surface area (Å²) < 4.78 is 23.5. The van der Waals surface area contributed by atoms with Crippen molar-refractivity contribution in [2.24, 2.45) is 0 Å². The number of hydrogen-bond donors (Lipinski definition) is 0. The van der Waals surface area contributed by atoms with Gasteiger partial charge in [-0.05, 0) is 37.8 Å². The Morgan fingerprint density at radius 3 is 2.85 bits per heavy atom. The van der Waals surface area contributed by atoms with E-state index in [0.717, 1.165) is 12.8 Å². The standard InChI is InChI=1S/C19H17BrN4O2/c1-21-17-7-6-14(8-16(17)20)26-13-4-2-12(3-5-13)24-10-18-15(19(24)25)9-22-11-23-18/h6-9,11-13H,2-5,10H2/i10D2. The van der Waals surface area contributed by atoms with Crippen LogP contribution in [0.5, 0.6) is 5.75 Å². The van der Waals surface area contributed by atoms with Crippen LogP contribution < -0.4 is 4.74 Å². The van der Waals surface area contributed by atoms with Gasteiger partial charge < -0.3 is 9.64 Å². The van der Waals surface area contributed by atoms with E-state index in [1.165, 1.54) is 17.4 Å². The van der Waals surface area contributed by atoms with Gasteiger partial charge in [-0.25, -0.2) is 14.8 Å². The highest BCUT2D eigenvalue weighted by Gasteiger charge is 2.36. The average molecular weight is 415 g/mol. The lowest BCUT2D eigenvalue weighted by Gasteiger charge is -2.34. The Kier molecular flexibility index (Phi) is 3.98. The fraction of sp³-hybridized carbons (Fsp3) is 0.368. The normalized spacial score (nSPS) is 25.1. The highest BCUT2D eigenvalue weighted by molar-refractivity contribution is 9.10. The third-order valence-electron chi connectivity index (χ3n) is 4.74. The lowest BCUT2D eigenvalue weighted by molar-refractivity contribution is 0.0560. The number of benzene rings is 1. The zero-order valence-corrected chi connectivity index (χ0v) is 15.4. The lowest BCUT2D eigenvalue weighted by atomic mass is 9.92. The van der Waals surface area contributed by atoms with E-state index in [2.05, 4.69) is 30.7 Å². The molecule has 0 bridgehead atoms. The number of ether oxygens (including phenoxy) is 1. The van der Waals surface area contributed by atoms with Crippen LogP contribution in [0.15, 0.2) is 35.2 Å². The topological polar surface area (TPSA) is 59.7 Å². The molecule has 0 radical (unpaired) electrons. The highest BCUT2D eigenvalue weighted by atomic mass is 79.9. The maximum atomic E-state index is 12.7. The van der Waals surface area contributed by atoms with E-state index in [9.17, 15) is 4.79 Å². The highest BCUT2D eigenvalue weighted by Crippen LogP contribution is 2.34. The summed E-state index contributed by atoms with van der Waals surface area (Å²) in [5.41, 5.74) is 0.930. The van der Waals surface area contributed by atoms with Crippen LogP contribution in [0, 0.1) is 6.57 Å². The fourth-order valence-electron chi connectivity index (χ4n) is 3.39. The summed E-state index contributed by atoms with van der Waals surface area (Å²) in [4.78, 5) is 25.3. The fourth-order valence-corrected chi connectivity index (χ4v) is 3.84. The minimum atomic E-state index is -1.92. The lowest BCUT2D eigenvalue weighted by Crippen LogP contribution is -2.40. The molecule has 1 aliphatic carbocycles. The number of aromatic nitrogens is 2. The molecule has 7 heteroatoms. The van der Waals surface area contributed by atoms with Crippen LogP contribution >= 0.6 is 15.9 Å². The molecule has 4 rings (SSSR count). The molecule has 0 spiro atoms. The van der Waals surface area contributed by atoms with Crippen molar-refractivity contribution in [1.82, 2.24) is 14.9 Å². The van der Waals surface area contributed by atoms with Gasteiger partial charge in [-0.1, -0.05) is 22.0 Å². The summed E-state index contributed by atoms with van der Waals surface area (Å²) in [5.74, 6) is 0.349. The molecule has 2 heterocycles. The molecular weight excluding hydrogens is 396 g/mol. The van der Waals surface area contributed by atoms with Crippen LogP contribution in [0.2, 0.25) is 0 Å². The Morgan fingerprint density at radius 2 is 2.15 bits per heavy atom. The van der Waals surface area contributed by atoms with E-state index in [1.807, 2.05) is 0 Å². The third-order valence-corrected chi connectivity index (χ3v) is 5.37. The van der Waals surface area contributed by atoms with Crippen LogP contribution in [0.3, 0.4) is 0 Å². The smallest absolute Gasteiger partial charge is 0.257 e. The molecule has 0 saturated heterocycles. The Morgan fingerprint density at radius 1 is 1.35 bits per heavy atom. The molecule has 1 aromatic heterocycles. The monoisotopic (exact) mass is 414 g/mol. The van der Waals surface area contributed by atoms with Gasteiger partial charge in [-0.15, -0.1) is 0 Å². The molecule has 1 amide bonds. The summed E-state index contributed by atoms with van der Waals surface area (Å²) in [5, 5.41) is 0. The minimum Gasteiger partial charge on any atom is -0.491 e. The third kappa shape index (κ3) is 3.17. The van der Waals surface area contributed by atoms with Crippen molar-refractivity contribution < 1.29 is 12.3 Å². The van der Waals surface area contributed by atoms with Gasteiger partial charge in [0.1, 0.15) is 12.1 Å². The van der Waals surface area contributed by atoms with Crippen LogP contribution in [0.1, 0.15) is 44.5 Å². The second-order valence-corrected chi connectivity index (χ2v) is 7.20. The molecular formula is C19H17BrN4O2. The summed E-state index contributed by atoms with van der Waals surface area (Å²) in [6.07, 6.45) is 5.39. The zero-order valence-electron chi connectivity index (χ0n) is 15.9. The van der Waals surface area contributed by atoms with Gasteiger partial charge in [0.05, 0.1) is 33.2 Å². The second kappa shape index (κ2) is 7.04. The van der Waals surface area contributed by atoms with Gasteiger partial charge in [0.15, 0.2) is 0 Å². The van der Waals surface area contributed by atoms with E-state index in [1.54, 1.807) is 18.2 Å². The predicted octanol–water partition coefficient (Wildman–Crippen LogP) is 4.14. The summed E-state index contributed by atoms with van der Waals surface area (Å²) >= 11 is 3.37. The first-order chi connectivity index (χ1) is 13.4. The number of carbonyl (C=O) groups excluding carboxylic acids is 1. The zero-order chi connectivity index (χ0) is 19.9. The van der Waals surface area contributed by atoms with Gasteiger partial charge in [0.2, 0.25) is 5.69 Å². The van der Waals surface area contributed by atoms with Crippen LogP contribution in [0.4, 0.5) is 5.69 Å². The number of nitrogens with zero attached hydrogens (tertiary/aromatic N) is 4. The van der Waals surface area contributed by atoms with Crippen LogP contribution in [-0.4, -0.2) is 32.9 Å². The SMILES string of the molecule is [2H]C1([2H])c2ncncc2C(=O)N1C1CCC(Oc2ccc([N+]#[C-])c(Br)c2)CC1. The van der Waals surface area contributed by atoms with Crippen molar-refractivity contribution in [3.8, 4) is 5.75 Å². The van der Waals surface area contributed by atoms with Crippen LogP contribution in [-0.2, 0) is 6.50 Å². The number of hydrogen-bond acceptors (Lipinski definition) is 4. The summed E-state index contributed by atoms with van der Waals surface area (Å²) in [6, 6.07) is 5.08. The average Bonchev–Trinajstić information content (AvgIpc) is 2.89. The number of amides is 1. The molecule has 2 aromatic rings. The molecule has 1 saturated carbocycles. The van der Waals surface area contributed by atoms with Crippen molar-refractivity contribution in [2.75, 3.05) is 0 Å².